The summed E-state index contributed by atoms with van der Waals surface area (Å²) >= 11 is 1.71. The van der Waals surface area contributed by atoms with Gasteiger partial charge in [-0.3, -0.25) is 10.1 Å². The normalized spacial score (nSPS) is 18.1. The van der Waals surface area contributed by atoms with Crippen LogP contribution in [0.15, 0.2) is 34.7 Å². The second-order valence-electron chi connectivity index (χ2n) is 4.36. The first kappa shape index (κ1) is 13.1. The summed E-state index contributed by atoms with van der Waals surface area (Å²) < 4.78 is 5.52. The molecule has 1 aliphatic rings. The SMILES string of the molecule is O=C(NCc1nnc(-c2ccccc2)o1)C1CSCN1. The molecule has 1 saturated heterocycles. The maximum atomic E-state index is 11.8. The molecule has 2 aromatic rings. The molecule has 3 rings (SSSR count). The second kappa shape index (κ2) is 6.06. The van der Waals surface area contributed by atoms with E-state index in [0.717, 1.165) is 17.2 Å². The van der Waals surface area contributed by atoms with Crippen LogP contribution in [-0.2, 0) is 11.3 Å². The number of hydrogen-bond donors (Lipinski definition) is 2. The number of rotatable bonds is 4. The minimum Gasteiger partial charge on any atom is -0.419 e. The van der Waals surface area contributed by atoms with Gasteiger partial charge in [0.05, 0.1) is 12.6 Å². The Morgan fingerprint density at radius 2 is 2.25 bits per heavy atom. The van der Waals surface area contributed by atoms with Crippen molar-refractivity contribution in [1.82, 2.24) is 20.8 Å². The lowest BCUT2D eigenvalue weighted by Gasteiger charge is -2.08. The highest BCUT2D eigenvalue weighted by Gasteiger charge is 2.22. The van der Waals surface area contributed by atoms with Gasteiger partial charge in [-0.05, 0) is 12.1 Å². The summed E-state index contributed by atoms with van der Waals surface area (Å²) in [5, 5.41) is 13.8. The van der Waals surface area contributed by atoms with Crippen LogP contribution in [0.2, 0.25) is 0 Å². The fraction of sp³-hybridized carbons (Fsp3) is 0.308. The number of amides is 1. The van der Waals surface area contributed by atoms with Crippen LogP contribution in [0.3, 0.4) is 0 Å². The summed E-state index contributed by atoms with van der Waals surface area (Å²) in [6.07, 6.45) is 0. The Morgan fingerprint density at radius 3 is 3.00 bits per heavy atom. The molecule has 1 aromatic carbocycles. The number of carbonyl (C=O) groups is 1. The highest BCUT2D eigenvalue weighted by molar-refractivity contribution is 7.99. The Labute approximate surface area is 120 Å². The molecule has 1 fully saturated rings. The minimum atomic E-state index is -0.128. The van der Waals surface area contributed by atoms with Crippen molar-refractivity contribution in [1.29, 1.82) is 0 Å². The van der Waals surface area contributed by atoms with Crippen molar-refractivity contribution in [3.8, 4) is 11.5 Å². The molecular weight excluding hydrogens is 276 g/mol. The number of thioether (sulfide) groups is 1. The summed E-state index contributed by atoms with van der Waals surface area (Å²) in [7, 11) is 0. The molecule has 104 valence electrons. The highest BCUT2D eigenvalue weighted by Crippen LogP contribution is 2.16. The molecule has 0 saturated carbocycles. The quantitative estimate of drug-likeness (QED) is 0.875. The van der Waals surface area contributed by atoms with Crippen LogP contribution in [0.5, 0.6) is 0 Å². The first-order valence-electron chi connectivity index (χ1n) is 6.29. The lowest BCUT2D eigenvalue weighted by atomic mass is 10.2. The van der Waals surface area contributed by atoms with Crippen LogP contribution in [0.25, 0.3) is 11.5 Å². The van der Waals surface area contributed by atoms with Crippen LogP contribution in [0.1, 0.15) is 5.89 Å². The van der Waals surface area contributed by atoms with Crippen molar-refractivity contribution in [2.75, 3.05) is 11.6 Å². The van der Waals surface area contributed by atoms with E-state index < -0.39 is 0 Å². The first-order valence-corrected chi connectivity index (χ1v) is 7.45. The monoisotopic (exact) mass is 290 g/mol. The molecule has 0 aliphatic carbocycles. The average molecular weight is 290 g/mol. The average Bonchev–Trinajstić information content (AvgIpc) is 3.17. The minimum absolute atomic E-state index is 0.0329. The smallest absolute Gasteiger partial charge is 0.247 e. The van der Waals surface area contributed by atoms with E-state index in [-0.39, 0.29) is 18.5 Å². The molecule has 0 bridgehead atoms. The van der Waals surface area contributed by atoms with Gasteiger partial charge >= 0.3 is 0 Å². The van der Waals surface area contributed by atoms with E-state index in [1.54, 1.807) is 11.8 Å². The third-order valence-electron chi connectivity index (χ3n) is 2.93. The molecular formula is C13H14N4O2S. The standard InChI is InChI=1S/C13H14N4O2S/c18-12(10-7-20-8-15-10)14-6-11-16-17-13(19-11)9-4-2-1-3-5-9/h1-5,10,15H,6-8H2,(H,14,18). The topological polar surface area (TPSA) is 80.1 Å². The second-order valence-corrected chi connectivity index (χ2v) is 5.39. The van der Waals surface area contributed by atoms with Crippen LogP contribution < -0.4 is 10.6 Å². The number of nitrogens with zero attached hydrogens (tertiary/aromatic N) is 2. The summed E-state index contributed by atoms with van der Waals surface area (Å²) in [6, 6.07) is 9.41. The van der Waals surface area contributed by atoms with E-state index in [4.69, 9.17) is 4.42 Å². The zero-order valence-corrected chi connectivity index (χ0v) is 11.5. The predicted molar refractivity (Wildman–Crippen MR) is 75.8 cm³/mol. The van der Waals surface area contributed by atoms with Gasteiger partial charge in [0.2, 0.25) is 17.7 Å². The molecule has 1 aliphatic heterocycles. The van der Waals surface area contributed by atoms with Crippen molar-refractivity contribution in [3.63, 3.8) is 0 Å². The van der Waals surface area contributed by atoms with Crippen LogP contribution in [-0.4, -0.2) is 33.8 Å². The molecule has 1 atom stereocenters. The molecule has 7 heteroatoms. The van der Waals surface area contributed by atoms with Crippen molar-refractivity contribution in [2.24, 2.45) is 0 Å². The van der Waals surface area contributed by atoms with E-state index >= 15 is 0 Å². The Bertz CT molecular complexity index is 581. The molecule has 1 aromatic heterocycles. The Kier molecular flexibility index (Phi) is 3.98. The summed E-state index contributed by atoms with van der Waals surface area (Å²) in [6.45, 7) is 0.252. The molecule has 20 heavy (non-hydrogen) atoms. The Hall–Kier alpha value is -1.86. The van der Waals surface area contributed by atoms with Gasteiger partial charge in [-0.25, -0.2) is 0 Å². The summed E-state index contributed by atoms with van der Waals surface area (Å²) in [5.74, 6) is 2.45. The Morgan fingerprint density at radius 1 is 1.40 bits per heavy atom. The molecule has 2 heterocycles. The van der Waals surface area contributed by atoms with Gasteiger partial charge in [0.25, 0.3) is 0 Å². The van der Waals surface area contributed by atoms with Gasteiger partial charge in [-0.1, -0.05) is 18.2 Å². The molecule has 1 unspecified atom stereocenters. The summed E-state index contributed by atoms with van der Waals surface area (Å²) in [4.78, 5) is 11.8. The maximum Gasteiger partial charge on any atom is 0.247 e. The van der Waals surface area contributed by atoms with Gasteiger partial charge in [-0.2, -0.15) is 0 Å². The van der Waals surface area contributed by atoms with Crippen molar-refractivity contribution >= 4 is 17.7 Å². The predicted octanol–water partition coefficient (Wildman–Crippen LogP) is 1.02. The summed E-state index contributed by atoms with van der Waals surface area (Å²) in [5.41, 5.74) is 0.867. The van der Waals surface area contributed by atoms with E-state index in [1.165, 1.54) is 0 Å². The van der Waals surface area contributed by atoms with E-state index in [0.29, 0.717) is 11.8 Å². The van der Waals surface area contributed by atoms with E-state index in [1.807, 2.05) is 30.3 Å². The Balaban J connectivity index is 1.59. The maximum absolute atomic E-state index is 11.8. The van der Waals surface area contributed by atoms with E-state index in [2.05, 4.69) is 20.8 Å². The number of benzene rings is 1. The largest absolute Gasteiger partial charge is 0.419 e. The van der Waals surface area contributed by atoms with Gasteiger partial charge in [-0.15, -0.1) is 22.0 Å². The number of aromatic nitrogens is 2. The number of carbonyl (C=O) groups excluding carboxylic acids is 1. The lowest BCUT2D eigenvalue weighted by Crippen LogP contribution is -2.41. The number of hydrogen-bond acceptors (Lipinski definition) is 6. The number of nitrogens with one attached hydrogen (secondary N) is 2. The lowest BCUT2D eigenvalue weighted by molar-refractivity contribution is -0.122. The molecule has 0 spiro atoms. The van der Waals surface area contributed by atoms with Crippen molar-refractivity contribution in [3.05, 3.63) is 36.2 Å². The van der Waals surface area contributed by atoms with Crippen molar-refractivity contribution < 1.29 is 9.21 Å². The molecule has 2 N–H and O–H groups in total. The van der Waals surface area contributed by atoms with Gasteiger partial charge < -0.3 is 9.73 Å². The molecule has 0 radical (unpaired) electrons. The third kappa shape index (κ3) is 3.00. The van der Waals surface area contributed by atoms with Crippen LogP contribution in [0.4, 0.5) is 0 Å². The fourth-order valence-electron chi connectivity index (χ4n) is 1.87. The first-order chi connectivity index (χ1) is 9.83. The van der Waals surface area contributed by atoms with Gasteiger partial charge in [0, 0.05) is 17.2 Å². The zero-order chi connectivity index (χ0) is 13.8. The van der Waals surface area contributed by atoms with Gasteiger partial charge in [0.1, 0.15) is 0 Å². The third-order valence-corrected chi connectivity index (χ3v) is 3.87. The zero-order valence-electron chi connectivity index (χ0n) is 10.7. The van der Waals surface area contributed by atoms with Crippen LogP contribution in [0, 0.1) is 0 Å². The molecule has 1 amide bonds. The van der Waals surface area contributed by atoms with E-state index in [9.17, 15) is 4.79 Å². The van der Waals surface area contributed by atoms with Gasteiger partial charge in [0.15, 0.2) is 0 Å². The van der Waals surface area contributed by atoms with Crippen molar-refractivity contribution in [2.45, 2.75) is 12.6 Å². The van der Waals surface area contributed by atoms with Crippen LogP contribution >= 0.6 is 11.8 Å². The molecule has 6 nitrogen and oxygen atoms in total. The highest BCUT2D eigenvalue weighted by atomic mass is 32.2. The fourth-order valence-corrected chi connectivity index (χ4v) is 2.81.